The molecule has 7 N–H and O–H groups in total. The van der Waals surface area contributed by atoms with E-state index >= 15 is 0 Å². The fraction of sp³-hybridized carbons (Fsp3) is 0.926. The molecule has 0 radical (unpaired) electrons. The Labute approximate surface area is 214 Å². The summed E-state index contributed by atoms with van der Waals surface area (Å²) in [5, 5.41) is 22.4. The van der Waals surface area contributed by atoms with Crippen LogP contribution in [-0.4, -0.2) is 60.1 Å². The fourth-order valence-corrected chi connectivity index (χ4v) is 4.23. The summed E-state index contributed by atoms with van der Waals surface area (Å²) in [6.07, 6.45) is 19.2. The van der Waals surface area contributed by atoms with Crippen molar-refractivity contribution in [3.63, 3.8) is 0 Å². The van der Waals surface area contributed by atoms with Crippen LogP contribution in [0.4, 0.5) is 0 Å². The Kier molecular flexibility index (Phi) is 23.4. The molecule has 0 aliphatic heterocycles. The number of aliphatic imine (C=N–C) groups is 1. The maximum Gasteiger partial charge on any atom is 0.320 e. The number of nitrogens with two attached hydrogens (primary N) is 2. The third-order valence-corrected chi connectivity index (χ3v) is 6.42. The van der Waals surface area contributed by atoms with Gasteiger partial charge in [0.2, 0.25) is 0 Å². The van der Waals surface area contributed by atoms with Gasteiger partial charge in [0.05, 0.1) is 12.2 Å². The molecule has 0 saturated carbocycles. The molecule has 0 heterocycles. The Morgan fingerprint density at radius 2 is 1.40 bits per heavy atom. The van der Waals surface area contributed by atoms with Gasteiger partial charge in [0.25, 0.3) is 0 Å². The Bertz CT molecular complexity index is 513. The first kappa shape index (κ1) is 33.6. The third kappa shape index (κ3) is 22.8. The number of carboxylic acid groups (broad SMARTS) is 1. The van der Waals surface area contributed by atoms with Crippen LogP contribution in [0, 0.1) is 0 Å². The maximum atomic E-state index is 11.4. The van der Waals surface area contributed by atoms with Gasteiger partial charge in [-0.3, -0.25) is 9.79 Å². The Morgan fingerprint density at radius 3 is 1.89 bits per heavy atom. The molecule has 0 aliphatic rings. The highest BCUT2D eigenvalue weighted by Gasteiger charge is 2.17. The van der Waals surface area contributed by atoms with E-state index in [-0.39, 0.29) is 12.1 Å². The molecule has 3 atom stereocenters. The average molecular weight is 501 g/mol. The van der Waals surface area contributed by atoms with Crippen molar-refractivity contribution in [3.05, 3.63) is 0 Å². The van der Waals surface area contributed by atoms with Crippen molar-refractivity contribution in [3.8, 4) is 0 Å². The number of aliphatic hydroxyl groups excluding tert-OH is 1. The van der Waals surface area contributed by atoms with Gasteiger partial charge in [-0.05, 0) is 39.2 Å². The summed E-state index contributed by atoms with van der Waals surface area (Å²) in [5.41, 5.74) is 10.6. The zero-order chi connectivity index (χ0) is 26.2. The number of rotatable bonds is 26. The van der Waals surface area contributed by atoms with Gasteiger partial charge in [0.1, 0.15) is 6.04 Å². The first-order chi connectivity index (χ1) is 16.9. The van der Waals surface area contributed by atoms with Crippen molar-refractivity contribution >= 4 is 11.9 Å². The lowest BCUT2D eigenvalue weighted by atomic mass is 10.0. The van der Waals surface area contributed by atoms with Crippen molar-refractivity contribution in [1.82, 2.24) is 5.32 Å². The van der Waals surface area contributed by atoms with Crippen LogP contribution in [0.2, 0.25) is 0 Å². The van der Waals surface area contributed by atoms with E-state index in [1.807, 2.05) is 0 Å². The van der Waals surface area contributed by atoms with Crippen LogP contribution in [0.25, 0.3) is 0 Å². The molecule has 0 aromatic heterocycles. The second kappa shape index (κ2) is 24.3. The minimum Gasteiger partial charge on any atom is -0.480 e. The molecule has 0 aromatic rings. The molecule has 208 valence electrons. The number of ether oxygens (including phenoxy) is 1. The minimum atomic E-state index is -0.875. The summed E-state index contributed by atoms with van der Waals surface area (Å²) in [6, 6.07) is -0.623. The predicted octanol–water partition coefficient (Wildman–Crippen LogP) is 4.72. The molecule has 0 amide bonds. The number of carboxylic acids is 1. The monoisotopic (exact) mass is 500 g/mol. The Morgan fingerprint density at radius 1 is 0.857 bits per heavy atom. The maximum absolute atomic E-state index is 11.4. The first-order valence-electron chi connectivity index (χ1n) is 14.2. The van der Waals surface area contributed by atoms with Gasteiger partial charge in [-0.15, -0.1) is 0 Å². The van der Waals surface area contributed by atoms with E-state index in [0.717, 1.165) is 12.8 Å². The van der Waals surface area contributed by atoms with Gasteiger partial charge in [-0.25, -0.2) is 0 Å². The molecule has 0 fully saturated rings. The number of guanidine groups is 1. The zero-order valence-electron chi connectivity index (χ0n) is 22.7. The second-order valence-corrected chi connectivity index (χ2v) is 9.83. The third-order valence-electron chi connectivity index (χ3n) is 6.42. The highest BCUT2D eigenvalue weighted by atomic mass is 16.5. The van der Waals surface area contributed by atoms with Gasteiger partial charge in [0, 0.05) is 13.2 Å². The molecule has 35 heavy (non-hydrogen) atoms. The van der Waals surface area contributed by atoms with E-state index in [9.17, 15) is 15.0 Å². The van der Waals surface area contributed by atoms with E-state index in [0.29, 0.717) is 39.0 Å². The number of hydrogen-bond acceptors (Lipinski definition) is 5. The lowest BCUT2D eigenvalue weighted by molar-refractivity contribution is -0.139. The van der Waals surface area contributed by atoms with Crippen molar-refractivity contribution < 1.29 is 19.7 Å². The van der Waals surface area contributed by atoms with Crippen LogP contribution >= 0.6 is 0 Å². The summed E-state index contributed by atoms with van der Waals surface area (Å²) >= 11 is 0. The molecule has 0 bridgehead atoms. The summed E-state index contributed by atoms with van der Waals surface area (Å²) < 4.78 is 5.89. The number of unbranched alkanes of at least 4 members (excludes halogenated alkanes) is 12. The van der Waals surface area contributed by atoms with Crippen molar-refractivity contribution in [2.75, 3.05) is 19.7 Å². The molecule has 8 heteroatoms. The summed E-state index contributed by atoms with van der Waals surface area (Å²) in [7, 11) is 0. The SMILES string of the molecule is CCCCCCCCCCCCCCCC(OCCCN[C@@H](CCCN=C(N)N)C(=O)O)C(C)O. The van der Waals surface area contributed by atoms with Gasteiger partial charge >= 0.3 is 5.97 Å². The topological polar surface area (TPSA) is 143 Å². The molecule has 0 rings (SSSR count). The van der Waals surface area contributed by atoms with Gasteiger partial charge in [-0.1, -0.05) is 90.4 Å². The quantitative estimate of drug-likeness (QED) is 0.0656. The van der Waals surface area contributed by atoms with Gasteiger partial charge in [0.15, 0.2) is 5.96 Å². The first-order valence-corrected chi connectivity index (χ1v) is 14.2. The van der Waals surface area contributed by atoms with E-state index in [4.69, 9.17) is 16.2 Å². The van der Waals surface area contributed by atoms with E-state index in [1.54, 1.807) is 6.92 Å². The van der Waals surface area contributed by atoms with Crippen LogP contribution in [0.3, 0.4) is 0 Å². The average Bonchev–Trinajstić information content (AvgIpc) is 2.81. The van der Waals surface area contributed by atoms with Crippen LogP contribution in [0.1, 0.15) is 123 Å². The number of nitrogens with zero attached hydrogens (tertiary/aromatic N) is 1. The number of aliphatic hydroxyl groups is 1. The Hall–Kier alpha value is -1.38. The lowest BCUT2D eigenvalue weighted by Gasteiger charge is -2.21. The molecular formula is C27H56N4O4. The summed E-state index contributed by atoms with van der Waals surface area (Å²) in [6.45, 7) is 5.51. The molecule has 2 unspecified atom stereocenters. The normalized spacial score (nSPS) is 13.9. The summed E-state index contributed by atoms with van der Waals surface area (Å²) in [5.74, 6) is -0.853. The van der Waals surface area contributed by atoms with E-state index in [1.165, 1.54) is 77.0 Å². The smallest absolute Gasteiger partial charge is 0.320 e. The predicted molar refractivity (Wildman–Crippen MR) is 146 cm³/mol. The standard InChI is InChI=1S/C27H56N4O4/c1-3-4-5-6-7-8-9-10-11-12-13-14-15-19-25(23(2)32)35-22-17-21-30-24(26(33)34)18-16-20-31-27(28)29/h23-25,30,32H,3-22H2,1-2H3,(H,33,34)(H4,28,29,31)/t23?,24-,25?/m0/s1. The van der Waals surface area contributed by atoms with Crippen LogP contribution < -0.4 is 16.8 Å². The van der Waals surface area contributed by atoms with Gasteiger partial charge in [-0.2, -0.15) is 0 Å². The van der Waals surface area contributed by atoms with Gasteiger partial charge < -0.3 is 31.7 Å². The van der Waals surface area contributed by atoms with Crippen LogP contribution in [-0.2, 0) is 9.53 Å². The summed E-state index contributed by atoms with van der Waals surface area (Å²) in [4.78, 5) is 15.3. The molecule has 0 aromatic carbocycles. The van der Waals surface area contributed by atoms with E-state index < -0.39 is 18.1 Å². The van der Waals surface area contributed by atoms with E-state index in [2.05, 4.69) is 17.2 Å². The Balaban J connectivity index is 3.76. The zero-order valence-corrected chi connectivity index (χ0v) is 22.7. The van der Waals surface area contributed by atoms with Crippen molar-refractivity contribution in [2.45, 2.75) is 141 Å². The highest BCUT2D eigenvalue weighted by Crippen LogP contribution is 2.15. The molecular weight excluding hydrogens is 444 g/mol. The second-order valence-electron chi connectivity index (χ2n) is 9.83. The fourth-order valence-electron chi connectivity index (χ4n) is 4.23. The number of carbonyl (C=O) groups is 1. The van der Waals surface area contributed by atoms with Crippen molar-refractivity contribution in [1.29, 1.82) is 0 Å². The number of aliphatic carboxylic acids is 1. The molecule has 0 spiro atoms. The molecule has 8 nitrogen and oxygen atoms in total. The minimum absolute atomic E-state index is 0.0217. The largest absolute Gasteiger partial charge is 0.480 e. The van der Waals surface area contributed by atoms with Crippen LogP contribution in [0.5, 0.6) is 0 Å². The lowest BCUT2D eigenvalue weighted by Crippen LogP contribution is -2.38. The highest BCUT2D eigenvalue weighted by molar-refractivity contribution is 5.75. The van der Waals surface area contributed by atoms with Crippen LogP contribution in [0.15, 0.2) is 4.99 Å². The number of hydrogen-bond donors (Lipinski definition) is 5. The number of nitrogens with one attached hydrogen (secondary N) is 1. The molecule has 0 aliphatic carbocycles. The van der Waals surface area contributed by atoms with Crippen molar-refractivity contribution in [2.24, 2.45) is 16.5 Å². The molecule has 0 saturated heterocycles.